The van der Waals surface area contributed by atoms with E-state index < -0.39 is 0 Å². The summed E-state index contributed by atoms with van der Waals surface area (Å²) in [5.41, 5.74) is 5.91. The van der Waals surface area contributed by atoms with Crippen molar-refractivity contribution >= 4 is 21.8 Å². The van der Waals surface area contributed by atoms with Crippen LogP contribution in [0.3, 0.4) is 0 Å². The minimum Gasteiger partial charge on any atom is -0.256 e. The maximum Gasteiger partial charge on any atom is 0.125 e. The predicted octanol–water partition coefficient (Wildman–Crippen LogP) is 4.58. The molecule has 2 aromatic heterocycles. The molecule has 0 bridgehead atoms. The van der Waals surface area contributed by atoms with Gasteiger partial charge in [0.25, 0.3) is 0 Å². The van der Waals surface area contributed by atoms with Gasteiger partial charge in [-0.3, -0.25) is 4.98 Å². The first-order chi connectivity index (χ1) is 11.7. The Morgan fingerprint density at radius 3 is 2.50 bits per heavy atom. The molecule has 2 heterocycles. The molecule has 3 nitrogen and oxygen atoms in total. The Morgan fingerprint density at radius 2 is 1.58 bits per heavy atom. The van der Waals surface area contributed by atoms with E-state index in [4.69, 9.17) is 0 Å². The van der Waals surface area contributed by atoms with E-state index >= 15 is 0 Å². The van der Waals surface area contributed by atoms with Crippen molar-refractivity contribution < 1.29 is 0 Å². The molecule has 118 valence electrons. The fourth-order valence-electron chi connectivity index (χ4n) is 3.04. The first-order valence-corrected chi connectivity index (χ1v) is 8.25. The van der Waals surface area contributed by atoms with Gasteiger partial charge in [-0.1, -0.05) is 23.8 Å². The van der Waals surface area contributed by atoms with Gasteiger partial charge in [-0.05, 0) is 62.1 Å². The smallest absolute Gasteiger partial charge is 0.125 e. The Bertz CT molecular complexity index is 952. The van der Waals surface area contributed by atoms with Gasteiger partial charge in [0.2, 0.25) is 0 Å². The molecule has 0 radical (unpaired) electrons. The van der Waals surface area contributed by atoms with E-state index in [9.17, 15) is 0 Å². The van der Waals surface area contributed by atoms with Crippen molar-refractivity contribution in [2.75, 3.05) is 0 Å². The molecule has 0 saturated heterocycles. The summed E-state index contributed by atoms with van der Waals surface area (Å²) >= 11 is 0. The number of fused-ring (bicyclic) bond motifs is 2. The predicted molar refractivity (Wildman–Crippen MR) is 98.2 cm³/mol. The lowest BCUT2D eigenvalue weighted by Crippen LogP contribution is -1.94. The van der Waals surface area contributed by atoms with Crippen molar-refractivity contribution in [1.29, 1.82) is 0 Å². The van der Waals surface area contributed by atoms with Gasteiger partial charge in [0, 0.05) is 23.2 Å². The van der Waals surface area contributed by atoms with Crippen LogP contribution >= 0.6 is 0 Å². The van der Waals surface area contributed by atoms with Gasteiger partial charge < -0.3 is 0 Å². The third-order valence-corrected chi connectivity index (χ3v) is 4.36. The van der Waals surface area contributed by atoms with Crippen molar-refractivity contribution in [1.82, 2.24) is 15.0 Å². The molecule has 0 N–H and O–H groups in total. The lowest BCUT2D eigenvalue weighted by Gasteiger charge is -2.06. The highest BCUT2D eigenvalue weighted by Gasteiger charge is 2.02. The molecule has 4 rings (SSSR count). The molecular formula is C21H19N3. The molecule has 0 unspecified atom stereocenters. The SMILES string of the molecule is Cc1ccc2ncc(CCc3ccc4cnc(C)nc4c3)cc2c1. The van der Waals surface area contributed by atoms with Crippen molar-refractivity contribution in [3.63, 3.8) is 0 Å². The first-order valence-electron chi connectivity index (χ1n) is 8.25. The van der Waals surface area contributed by atoms with Crippen LogP contribution in [0.15, 0.2) is 54.9 Å². The zero-order valence-electron chi connectivity index (χ0n) is 14.0. The van der Waals surface area contributed by atoms with Crippen molar-refractivity contribution in [3.05, 3.63) is 77.4 Å². The highest BCUT2D eigenvalue weighted by atomic mass is 14.9. The Labute approximate surface area is 141 Å². The molecular weight excluding hydrogens is 294 g/mol. The lowest BCUT2D eigenvalue weighted by molar-refractivity contribution is 0.955. The largest absolute Gasteiger partial charge is 0.256 e. The Hall–Kier alpha value is -2.81. The topological polar surface area (TPSA) is 38.7 Å². The van der Waals surface area contributed by atoms with Crippen LogP contribution in [0.1, 0.15) is 22.5 Å². The number of pyridine rings is 1. The van der Waals surface area contributed by atoms with Crippen LogP contribution in [-0.2, 0) is 12.8 Å². The zero-order valence-corrected chi connectivity index (χ0v) is 14.0. The van der Waals surface area contributed by atoms with Crippen LogP contribution in [0.25, 0.3) is 21.8 Å². The van der Waals surface area contributed by atoms with Crippen LogP contribution in [0.4, 0.5) is 0 Å². The van der Waals surface area contributed by atoms with E-state index in [-0.39, 0.29) is 0 Å². The minimum atomic E-state index is 0.814. The Balaban J connectivity index is 1.58. The summed E-state index contributed by atoms with van der Waals surface area (Å²) in [5, 5.41) is 2.31. The van der Waals surface area contributed by atoms with Gasteiger partial charge >= 0.3 is 0 Å². The van der Waals surface area contributed by atoms with Crippen LogP contribution in [0, 0.1) is 13.8 Å². The standard InChI is InChI=1S/C21H19N3/c1-14-3-8-20-19(9-14)10-17(12-23-20)5-4-16-6-7-18-13-22-15(2)24-21(18)11-16/h3,6-13H,4-5H2,1-2H3. The fourth-order valence-corrected chi connectivity index (χ4v) is 3.04. The number of aryl methyl sites for hydroxylation is 4. The minimum absolute atomic E-state index is 0.814. The third kappa shape index (κ3) is 2.98. The van der Waals surface area contributed by atoms with Crippen molar-refractivity contribution in [2.24, 2.45) is 0 Å². The maximum atomic E-state index is 4.58. The molecule has 2 aromatic carbocycles. The lowest BCUT2D eigenvalue weighted by atomic mass is 10.0. The number of rotatable bonds is 3. The van der Waals surface area contributed by atoms with Crippen molar-refractivity contribution in [2.45, 2.75) is 26.7 Å². The van der Waals surface area contributed by atoms with E-state index in [0.29, 0.717) is 0 Å². The molecule has 0 saturated carbocycles. The van der Waals surface area contributed by atoms with Gasteiger partial charge in [-0.2, -0.15) is 0 Å². The summed E-state index contributed by atoms with van der Waals surface area (Å²) in [6.45, 7) is 4.04. The van der Waals surface area contributed by atoms with Crippen molar-refractivity contribution in [3.8, 4) is 0 Å². The highest BCUT2D eigenvalue weighted by molar-refractivity contribution is 5.80. The molecule has 0 atom stereocenters. The van der Waals surface area contributed by atoms with Gasteiger partial charge in [0.05, 0.1) is 11.0 Å². The molecule has 0 aliphatic heterocycles. The summed E-state index contributed by atoms with van der Waals surface area (Å²) in [4.78, 5) is 13.3. The van der Waals surface area contributed by atoms with Gasteiger partial charge in [-0.25, -0.2) is 9.97 Å². The van der Waals surface area contributed by atoms with E-state index in [1.807, 2.05) is 19.3 Å². The van der Waals surface area contributed by atoms with E-state index in [0.717, 1.165) is 35.1 Å². The molecule has 24 heavy (non-hydrogen) atoms. The molecule has 0 amide bonds. The average Bonchev–Trinajstić information content (AvgIpc) is 2.59. The Morgan fingerprint density at radius 1 is 0.708 bits per heavy atom. The molecule has 3 heteroatoms. The number of aromatic nitrogens is 3. The highest BCUT2D eigenvalue weighted by Crippen LogP contribution is 2.18. The van der Waals surface area contributed by atoms with Crippen LogP contribution < -0.4 is 0 Å². The van der Waals surface area contributed by atoms with Crippen LogP contribution in [0.2, 0.25) is 0 Å². The maximum absolute atomic E-state index is 4.58. The summed E-state index contributed by atoms with van der Waals surface area (Å²) in [7, 11) is 0. The van der Waals surface area contributed by atoms with Gasteiger partial charge in [-0.15, -0.1) is 0 Å². The third-order valence-electron chi connectivity index (χ3n) is 4.36. The quantitative estimate of drug-likeness (QED) is 0.555. The zero-order chi connectivity index (χ0) is 16.5. The fraction of sp³-hybridized carbons (Fsp3) is 0.190. The van der Waals surface area contributed by atoms with Gasteiger partial charge in [0.15, 0.2) is 0 Å². The second-order valence-corrected chi connectivity index (χ2v) is 6.35. The van der Waals surface area contributed by atoms with Gasteiger partial charge in [0.1, 0.15) is 5.82 Å². The average molecular weight is 313 g/mol. The second kappa shape index (κ2) is 6.00. The number of benzene rings is 2. The first kappa shape index (κ1) is 14.8. The number of hydrogen-bond acceptors (Lipinski definition) is 3. The van der Waals surface area contributed by atoms with E-state index in [1.165, 1.54) is 22.1 Å². The van der Waals surface area contributed by atoms with E-state index in [2.05, 4.69) is 64.3 Å². The van der Waals surface area contributed by atoms with Crippen LogP contribution in [-0.4, -0.2) is 15.0 Å². The number of hydrogen-bond donors (Lipinski definition) is 0. The van der Waals surface area contributed by atoms with Crippen LogP contribution in [0.5, 0.6) is 0 Å². The summed E-state index contributed by atoms with van der Waals surface area (Å²) in [5.74, 6) is 0.814. The Kier molecular flexibility index (Phi) is 3.69. The summed E-state index contributed by atoms with van der Waals surface area (Å²) < 4.78 is 0. The number of nitrogens with zero attached hydrogens (tertiary/aromatic N) is 3. The van der Waals surface area contributed by atoms with E-state index in [1.54, 1.807) is 0 Å². The monoisotopic (exact) mass is 313 g/mol. The normalized spacial score (nSPS) is 11.2. The molecule has 0 spiro atoms. The molecule has 4 aromatic rings. The molecule has 0 fully saturated rings. The molecule has 0 aliphatic carbocycles. The summed E-state index contributed by atoms with van der Waals surface area (Å²) in [6, 6.07) is 15.1. The second-order valence-electron chi connectivity index (χ2n) is 6.35. The summed E-state index contributed by atoms with van der Waals surface area (Å²) in [6.07, 6.45) is 5.84. The molecule has 0 aliphatic rings.